The van der Waals surface area contributed by atoms with E-state index < -0.39 is 12.5 Å². The van der Waals surface area contributed by atoms with Gasteiger partial charge in [0, 0.05) is 11.6 Å². The van der Waals surface area contributed by atoms with Crippen molar-refractivity contribution in [2.24, 2.45) is 5.92 Å². The quantitative estimate of drug-likeness (QED) is 0.614. The molecule has 1 saturated carbocycles. The number of hydrogen-bond donors (Lipinski definition) is 1. The van der Waals surface area contributed by atoms with Gasteiger partial charge in [0.2, 0.25) is 0 Å². The predicted octanol–water partition coefficient (Wildman–Crippen LogP) is 3.90. The van der Waals surface area contributed by atoms with Crippen LogP contribution >= 0.6 is 0 Å². The number of rotatable bonds is 6. The lowest BCUT2D eigenvalue weighted by atomic mass is 9.86. The monoisotopic (exact) mass is 364 g/mol. The SMILES string of the molecule is COc1cccc(/C=C(\C#N)C(=O)N[C@H]2CCCC[C@@H]2C)c1OC(F)F. The average Bonchev–Trinajstić information content (AvgIpc) is 2.62. The first-order valence-electron chi connectivity index (χ1n) is 8.50. The zero-order valence-corrected chi connectivity index (χ0v) is 14.8. The van der Waals surface area contributed by atoms with Crippen molar-refractivity contribution in [3.63, 3.8) is 0 Å². The molecule has 1 aliphatic carbocycles. The minimum Gasteiger partial charge on any atom is -0.493 e. The van der Waals surface area contributed by atoms with Crippen LogP contribution in [-0.2, 0) is 4.79 Å². The number of amides is 1. The molecule has 2 rings (SSSR count). The average molecular weight is 364 g/mol. The zero-order valence-electron chi connectivity index (χ0n) is 14.8. The number of nitrogens with zero attached hydrogens (tertiary/aromatic N) is 1. The number of methoxy groups -OCH3 is 1. The number of para-hydroxylation sites is 1. The Balaban J connectivity index is 2.27. The smallest absolute Gasteiger partial charge is 0.387 e. The molecule has 140 valence electrons. The van der Waals surface area contributed by atoms with Crippen LogP contribution in [0.4, 0.5) is 8.78 Å². The van der Waals surface area contributed by atoms with Crippen LogP contribution in [0.3, 0.4) is 0 Å². The lowest BCUT2D eigenvalue weighted by molar-refractivity contribution is -0.118. The summed E-state index contributed by atoms with van der Waals surface area (Å²) in [6.45, 7) is -0.989. The second-order valence-electron chi connectivity index (χ2n) is 6.27. The van der Waals surface area contributed by atoms with Crippen LogP contribution in [0, 0.1) is 17.2 Å². The van der Waals surface area contributed by atoms with Gasteiger partial charge in [-0.1, -0.05) is 31.9 Å². The van der Waals surface area contributed by atoms with Crippen molar-refractivity contribution < 1.29 is 23.0 Å². The predicted molar refractivity (Wildman–Crippen MR) is 92.8 cm³/mol. The Kier molecular flexibility index (Phi) is 6.96. The van der Waals surface area contributed by atoms with Gasteiger partial charge in [-0.3, -0.25) is 4.79 Å². The fourth-order valence-electron chi connectivity index (χ4n) is 3.10. The molecule has 0 spiro atoms. The van der Waals surface area contributed by atoms with Crippen LogP contribution in [0.2, 0.25) is 0 Å². The van der Waals surface area contributed by atoms with Crippen molar-refractivity contribution in [1.29, 1.82) is 5.26 Å². The van der Waals surface area contributed by atoms with Gasteiger partial charge in [0.15, 0.2) is 11.5 Å². The summed E-state index contributed by atoms with van der Waals surface area (Å²) in [5.41, 5.74) is 0.00295. The molecule has 1 aromatic carbocycles. The Hall–Kier alpha value is -2.62. The normalized spacial score (nSPS) is 20.4. The molecule has 0 radical (unpaired) electrons. The van der Waals surface area contributed by atoms with Crippen LogP contribution in [0.25, 0.3) is 6.08 Å². The molecule has 1 amide bonds. The number of alkyl halides is 2. The number of carbonyl (C=O) groups excluding carboxylic acids is 1. The summed E-state index contributed by atoms with van der Waals surface area (Å²) in [6, 6.07) is 6.36. The molecule has 1 fully saturated rings. The molecule has 0 unspecified atom stereocenters. The van der Waals surface area contributed by atoms with Gasteiger partial charge in [-0.05, 0) is 30.9 Å². The highest BCUT2D eigenvalue weighted by Gasteiger charge is 2.24. The molecular weight excluding hydrogens is 342 g/mol. The molecule has 2 atom stereocenters. The van der Waals surface area contributed by atoms with E-state index in [4.69, 9.17) is 4.74 Å². The molecule has 0 aliphatic heterocycles. The highest BCUT2D eigenvalue weighted by atomic mass is 19.3. The maximum atomic E-state index is 12.7. The van der Waals surface area contributed by atoms with E-state index >= 15 is 0 Å². The molecule has 0 aromatic heterocycles. The third-order valence-corrected chi connectivity index (χ3v) is 4.53. The number of halogens is 2. The van der Waals surface area contributed by atoms with Gasteiger partial charge in [0.1, 0.15) is 11.6 Å². The molecule has 0 bridgehead atoms. The van der Waals surface area contributed by atoms with Gasteiger partial charge < -0.3 is 14.8 Å². The fraction of sp³-hybridized carbons (Fsp3) is 0.474. The second-order valence-corrected chi connectivity index (χ2v) is 6.27. The van der Waals surface area contributed by atoms with E-state index in [1.54, 1.807) is 6.07 Å². The summed E-state index contributed by atoms with van der Waals surface area (Å²) >= 11 is 0. The zero-order chi connectivity index (χ0) is 19.1. The highest BCUT2D eigenvalue weighted by Crippen LogP contribution is 2.34. The van der Waals surface area contributed by atoms with Gasteiger partial charge in [-0.25, -0.2) is 0 Å². The summed E-state index contributed by atoms with van der Waals surface area (Å²) in [7, 11) is 1.32. The first-order chi connectivity index (χ1) is 12.5. The lowest BCUT2D eigenvalue weighted by Gasteiger charge is -2.29. The fourth-order valence-corrected chi connectivity index (χ4v) is 3.10. The van der Waals surface area contributed by atoms with Gasteiger partial charge in [0.25, 0.3) is 5.91 Å². The van der Waals surface area contributed by atoms with E-state index in [1.807, 2.05) is 6.07 Å². The molecule has 7 heteroatoms. The molecule has 1 aromatic rings. The number of ether oxygens (including phenoxy) is 2. The highest BCUT2D eigenvalue weighted by molar-refractivity contribution is 6.02. The van der Waals surface area contributed by atoms with Gasteiger partial charge in [-0.2, -0.15) is 14.0 Å². The number of hydrogen-bond acceptors (Lipinski definition) is 4. The Morgan fingerprint density at radius 2 is 2.12 bits per heavy atom. The Labute approximate surface area is 151 Å². The molecule has 0 saturated heterocycles. The molecule has 0 heterocycles. The van der Waals surface area contributed by atoms with Gasteiger partial charge >= 0.3 is 6.61 Å². The minimum absolute atomic E-state index is 0.00935. The summed E-state index contributed by atoms with van der Waals surface area (Å²) in [5, 5.41) is 12.2. The first-order valence-corrected chi connectivity index (χ1v) is 8.50. The number of nitrogens with one attached hydrogen (secondary N) is 1. The maximum absolute atomic E-state index is 12.7. The number of nitriles is 1. The van der Waals surface area contributed by atoms with Crippen LogP contribution < -0.4 is 14.8 Å². The molecule has 1 aliphatic rings. The van der Waals surface area contributed by atoms with Gasteiger partial charge in [-0.15, -0.1) is 0 Å². The third-order valence-electron chi connectivity index (χ3n) is 4.53. The first kappa shape index (κ1) is 19.7. The summed E-state index contributed by atoms with van der Waals surface area (Å²) in [5.74, 6) is -0.298. The van der Waals surface area contributed by atoms with Crippen LogP contribution in [-0.4, -0.2) is 25.7 Å². The third kappa shape index (κ3) is 4.94. The Bertz CT molecular complexity index is 713. The Morgan fingerprint density at radius 1 is 1.38 bits per heavy atom. The Morgan fingerprint density at radius 3 is 2.73 bits per heavy atom. The summed E-state index contributed by atoms with van der Waals surface area (Å²) < 4.78 is 35.0. The topological polar surface area (TPSA) is 71.3 Å². The standard InChI is InChI=1S/C19H22F2N2O3/c1-12-6-3-4-8-15(12)23-18(24)14(11-22)10-13-7-5-9-16(25-2)17(13)26-19(20)21/h5,7,9-10,12,15,19H,3-4,6,8H2,1-2H3,(H,23,24)/b14-10+/t12-,15-/m0/s1. The van der Waals surface area contributed by atoms with Crippen molar-refractivity contribution in [2.45, 2.75) is 45.3 Å². The van der Waals surface area contributed by atoms with Crippen molar-refractivity contribution in [3.05, 3.63) is 29.3 Å². The van der Waals surface area contributed by atoms with Crippen molar-refractivity contribution >= 4 is 12.0 Å². The summed E-state index contributed by atoms with van der Waals surface area (Å²) in [6.07, 6.45) is 5.29. The summed E-state index contributed by atoms with van der Waals surface area (Å²) in [4.78, 5) is 12.5. The van der Waals surface area contributed by atoms with Gasteiger partial charge in [0.05, 0.1) is 7.11 Å². The lowest BCUT2D eigenvalue weighted by Crippen LogP contribution is -2.41. The molecule has 5 nitrogen and oxygen atoms in total. The van der Waals surface area contributed by atoms with Crippen molar-refractivity contribution in [1.82, 2.24) is 5.32 Å². The van der Waals surface area contributed by atoms with E-state index in [0.717, 1.165) is 25.7 Å². The van der Waals surface area contributed by atoms with Crippen molar-refractivity contribution in [3.8, 4) is 17.6 Å². The van der Waals surface area contributed by atoms with Crippen LogP contribution in [0.5, 0.6) is 11.5 Å². The van der Waals surface area contributed by atoms with E-state index in [0.29, 0.717) is 5.92 Å². The minimum atomic E-state index is -3.05. The van der Waals surface area contributed by atoms with E-state index in [9.17, 15) is 18.8 Å². The van der Waals surface area contributed by atoms with E-state index in [2.05, 4.69) is 17.0 Å². The largest absolute Gasteiger partial charge is 0.493 e. The molecule has 26 heavy (non-hydrogen) atoms. The number of benzene rings is 1. The molecule has 1 N–H and O–H groups in total. The molecular formula is C19H22F2N2O3. The van der Waals surface area contributed by atoms with Crippen molar-refractivity contribution in [2.75, 3.05) is 7.11 Å². The van der Waals surface area contributed by atoms with Crippen LogP contribution in [0.15, 0.2) is 23.8 Å². The van der Waals surface area contributed by atoms with E-state index in [1.165, 1.54) is 25.3 Å². The second kappa shape index (κ2) is 9.18. The number of carbonyl (C=O) groups is 1. The maximum Gasteiger partial charge on any atom is 0.387 e. The van der Waals surface area contributed by atoms with Crippen LogP contribution in [0.1, 0.15) is 38.2 Å². The van der Waals surface area contributed by atoms with E-state index in [-0.39, 0.29) is 28.7 Å².